The lowest BCUT2D eigenvalue weighted by atomic mass is 10.2. The van der Waals surface area contributed by atoms with Gasteiger partial charge in [-0.25, -0.2) is 4.98 Å². The fourth-order valence-electron chi connectivity index (χ4n) is 2.17. The van der Waals surface area contributed by atoms with Crippen molar-refractivity contribution in [3.8, 4) is 11.5 Å². The second-order valence-corrected chi connectivity index (χ2v) is 5.39. The molecule has 0 atom stereocenters. The van der Waals surface area contributed by atoms with E-state index in [1.165, 1.54) is 0 Å². The van der Waals surface area contributed by atoms with Crippen LogP contribution in [0.15, 0.2) is 47.4 Å². The number of carbonyl (C=O) groups excluding carboxylic acids is 1. The average Bonchev–Trinajstić information content (AvgIpc) is 3.08. The van der Waals surface area contributed by atoms with Crippen molar-refractivity contribution in [1.82, 2.24) is 25.4 Å². The van der Waals surface area contributed by atoms with E-state index >= 15 is 0 Å². The molecule has 3 aromatic rings. The van der Waals surface area contributed by atoms with Gasteiger partial charge in [-0.05, 0) is 36.8 Å². The van der Waals surface area contributed by atoms with Crippen LogP contribution in [-0.4, -0.2) is 32.6 Å². The zero-order valence-electron chi connectivity index (χ0n) is 13.8. The van der Waals surface area contributed by atoms with Crippen LogP contribution in [0.2, 0.25) is 0 Å². The highest BCUT2D eigenvalue weighted by Crippen LogP contribution is 2.19. The molecule has 0 aliphatic carbocycles. The maximum atomic E-state index is 11.9. The molecule has 0 fully saturated rings. The van der Waals surface area contributed by atoms with E-state index < -0.39 is 0 Å². The third-order valence-corrected chi connectivity index (χ3v) is 3.43. The van der Waals surface area contributed by atoms with Crippen LogP contribution in [0.4, 0.5) is 5.82 Å². The molecule has 1 amide bonds. The smallest absolute Gasteiger partial charge is 0.258 e. The number of anilines is 1. The van der Waals surface area contributed by atoms with E-state index in [-0.39, 0.29) is 5.91 Å². The molecule has 3 aromatic heterocycles. The quantitative estimate of drug-likeness (QED) is 0.678. The molecular formula is C17H18N6O2. The van der Waals surface area contributed by atoms with Gasteiger partial charge < -0.3 is 15.2 Å². The molecule has 128 valence electrons. The molecule has 3 heterocycles. The summed E-state index contributed by atoms with van der Waals surface area (Å²) in [6.45, 7) is 2.73. The maximum absolute atomic E-state index is 11.9. The minimum atomic E-state index is -0.0343. The maximum Gasteiger partial charge on any atom is 0.258 e. The standard InChI is InChI=1S/C17H18N6O2/c1-12-22-17(25-23-12)14-4-8-19-15(10-14)20-9-5-16(24)21-11-13-2-6-18-7-3-13/h2-4,6-8,10H,5,9,11H2,1H3,(H,19,20)(H,21,24). The van der Waals surface area contributed by atoms with Crippen molar-refractivity contribution in [2.45, 2.75) is 19.9 Å². The van der Waals surface area contributed by atoms with Crippen molar-refractivity contribution in [1.29, 1.82) is 0 Å². The number of hydrogen-bond acceptors (Lipinski definition) is 7. The van der Waals surface area contributed by atoms with Crippen LogP contribution in [0.25, 0.3) is 11.5 Å². The van der Waals surface area contributed by atoms with Gasteiger partial charge in [-0.1, -0.05) is 5.16 Å². The normalized spacial score (nSPS) is 10.4. The Hall–Kier alpha value is -3.29. The molecule has 0 saturated carbocycles. The van der Waals surface area contributed by atoms with Gasteiger partial charge in [0, 0.05) is 43.7 Å². The predicted molar refractivity (Wildman–Crippen MR) is 91.5 cm³/mol. The summed E-state index contributed by atoms with van der Waals surface area (Å²) in [4.78, 5) is 24.2. The average molecular weight is 338 g/mol. The lowest BCUT2D eigenvalue weighted by molar-refractivity contribution is -0.121. The number of pyridine rings is 2. The highest BCUT2D eigenvalue weighted by atomic mass is 16.5. The minimum Gasteiger partial charge on any atom is -0.370 e. The molecular weight excluding hydrogens is 320 g/mol. The molecule has 8 heteroatoms. The van der Waals surface area contributed by atoms with Gasteiger partial charge in [0.15, 0.2) is 5.82 Å². The van der Waals surface area contributed by atoms with Gasteiger partial charge in [-0.15, -0.1) is 0 Å². The van der Waals surface area contributed by atoms with Gasteiger partial charge in [-0.2, -0.15) is 4.98 Å². The van der Waals surface area contributed by atoms with E-state index in [1.54, 1.807) is 31.6 Å². The molecule has 8 nitrogen and oxygen atoms in total. The highest BCUT2D eigenvalue weighted by Gasteiger charge is 2.08. The highest BCUT2D eigenvalue weighted by molar-refractivity contribution is 5.76. The summed E-state index contributed by atoms with van der Waals surface area (Å²) in [7, 11) is 0. The largest absolute Gasteiger partial charge is 0.370 e. The Kier molecular flexibility index (Phi) is 5.30. The van der Waals surface area contributed by atoms with Gasteiger partial charge in [0.2, 0.25) is 5.91 Å². The van der Waals surface area contributed by atoms with E-state index in [9.17, 15) is 4.79 Å². The zero-order chi connectivity index (χ0) is 17.5. The molecule has 2 N–H and O–H groups in total. The predicted octanol–water partition coefficient (Wildman–Crippen LogP) is 1.95. The van der Waals surface area contributed by atoms with Gasteiger partial charge in [0.25, 0.3) is 5.89 Å². The third-order valence-electron chi connectivity index (χ3n) is 3.43. The Bertz CT molecular complexity index is 834. The second kappa shape index (κ2) is 8.00. The Morgan fingerprint density at radius 3 is 2.80 bits per heavy atom. The Morgan fingerprint density at radius 1 is 1.20 bits per heavy atom. The van der Waals surface area contributed by atoms with Crippen molar-refractivity contribution in [3.05, 3.63) is 54.2 Å². The summed E-state index contributed by atoms with van der Waals surface area (Å²) in [6.07, 6.45) is 5.40. The number of nitrogens with one attached hydrogen (secondary N) is 2. The number of rotatable bonds is 7. The van der Waals surface area contributed by atoms with Crippen LogP contribution in [0, 0.1) is 6.92 Å². The number of nitrogens with zero attached hydrogens (tertiary/aromatic N) is 4. The van der Waals surface area contributed by atoms with Crippen molar-refractivity contribution < 1.29 is 9.32 Å². The van der Waals surface area contributed by atoms with Crippen molar-refractivity contribution in [2.75, 3.05) is 11.9 Å². The molecule has 0 saturated heterocycles. The molecule has 0 aliphatic heterocycles. The second-order valence-electron chi connectivity index (χ2n) is 5.39. The van der Waals surface area contributed by atoms with Crippen LogP contribution in [0.1, 0.15) is 17.8 Å². The first-order valence-corrected chi connectivity index (χ1v) is 7.87. The van der Waals surface area contributed by atoms with Gasteiger partial charge >= 0.3 is 0 Å². The van der Waals surface area contributed by atoms with Crippen molar-refractivity contribution in [3.63, 3.8) is 0 Å². The first-order valence-electron chi connectivity index (χ1n) is 7.87. The van der Waals surface area contributed by atoms with E-state index in [4.69, 9.17) is 4.52 Å². The summed E-state index contributed by atoms with van der Waals surface area (Å²) in [5, 5.41) is 9.75. The minimum absolute atomic E-state index is 0.0343. The fourth-order valence-corrected chi connectivity index (χ4v) is 2.17. The van der Waals surface area contributed by atoms with Crippen LogP contribution in [-0.2, 0) is 11.3 Å². The van der Waals surface area contributed by atoms with E-state index in [1.807, 2.05) is 18.2 Å². The topological polar surface area (TPSA) is 106 Å². The van der Waals surface area contributed by atoms with Gasteiger partial charge in [0.1, 0.15) is 5.82 Å². The molecule has 0 bridgehead atoms. The number of hydrogen-bond donors (Lipinski definition) is 2. The van der Waals surface area contributed by atoms with Gasteiger partial charge in [-0.3, -0.25) is 9.78 Å². The zero-order valence-corrected chi connectivity index (χ0v) is 13.8. The summed E-state index contributed by atoms with van der Waals surface area (Å²) in [5.41, 5.74) is 1.79. The fraction of sp³-hybridized carbons (Fsp3) is 0.235. The third kappa shape index (κ3) is 4.84. The van der Waals surface area contributed by atoms with Crippen LogP contribution in [0.5, 0.6) is 0 Å². The Labute approximate surface area is 144 Å². The first kappa shape index (κ1) is 16.6. The first-order chi connectivity index (χ1) is 12.2. The van der Waals surface area contributed by atoms with Crippen LogP contribution in [0.3, 0.4) is 0 Å². The Morgan fingerprint density at radius 2 is 2.04 bits per heavy atom. The van der Waals surface area contributed by atoms with Crippen molar-refractivity contribution in [2.24, 2.45) is 0 Å². The molecule has 0 aliphatic rings. The number of carbonyl (C=O) groups is 1. The van der Waals surface area contributed by atoms with Crippen LogP contribution >= 0.6 is 0 Å². The van der Waals surface area contributed by atoms with E-state index in [0.29, 0.717) is 37.0 Å². The summed E-state index contributed by atoms with van der Waals surface area (Å²) in [6, 6.07) is 7.34. The Balaban J connectivity index is 1.46. The van der Waals surface area contributed by atoms with Crippen molar-refractivity contribution >= 4 is 11.7 Å². The molecule has 0 spiro atoms. The number of aromatic nitrogens is 4. The SMILES string of the molecule is Cc1noc(-c2ccnc(NCCC(=O)NCc3ccncc3)c2)n1. The molecule has 0 radical (unpaired) electrons. The lowest BCUT2D eigenvalue weighted by Gasteiger charge is -2.07. The molecule has 25 heavy (non-hydrogen) atoms. The molecule has 0 unspecified atom stereocenters. The molecule has 3 rings (SSSR count). The summed E-state index contributed by atoms with van der Waals surface area (Å²) in [5.74, 6) is 1.63. The summed E-state index contributed by atoms with van der Waals surface area (Å²) < 4.78 is 5.14. The number of amides is 1. The molecule has 0 aromatic carbocycles. The van der Waals surface area contributed by atoms with Gasteiger partial charge in [0.05, 0.1) is 0 Å². The number of aryl methyl sites for hydroxylation is 1. The summed E-state index contributed by atoms with van der Waals surface area (Å²) >= 11 is 0. The van der Waals surface area contributed by atoms with E-state index in [2.05, 4.69) is 30.7 Å². The lowest BCUT2D eigenvalue weighted by Crippen LogP contribution is -2.24. The van der Waals surface area contributed by atoms with Crippen LogP contribution < -0.4 is 10.6 Å². The monoisotopic (exact) mass is 338 g/mol. The van der Waals surface area contributed by atoms with E-state index in [0.717, 1.165) is 11.1 Å².